The normalized spacial score (nSPS) is 21.9. The molecule has 64 valence electrons. The molecule has 1 fully saturated rings. The average Bonchev–Trinajstić information content (AvgIpc) is 2.39. The van der Waals surface area contributed by atoms with E-state index in [-0.39, 0.29) is 5.92 Å². The lowest BCUT2D eigenvalue weighted by atomic mass is 10.1. The van der Waals surface area contributed by atoms with E-state index in [2.05, 4.69) is 4.90 Å². The van der Waals surface area contributed by atoms with Gasteiger partial charge in [-0.05, 0) is 25.9 Å². The molecule has 0 bridgehead atoms. The highest BCUT2D eigenvalue weighted by molar-refractivity contribution is 5.79. The topological polar surface area (TPSA) is 53.1 Å². The molecular weight excluding hydrogens is 138 g/mol. The molecule has 1 aliphatic heterocycles. The quantitative estimate of drug-likeness (QED) is 0.464. The lowest BCUT2D eigenvalue weighted by molar-refractivity contribution is 0.317. The lowest BCUT2D eigenvalue weighted by Crippen LogP contribution is -2.32. The summed E-state index contributed by atoms with van der Waals surface area (Å²) in [4.78, 5) is 2.38. The molecule has 1 heterocycles. The molecule has 0 saturated carbocycles. The number of likely N-dealkylation sites (tertiary alicyclic amines) is 1. The zero-order chi connectivity index (χ0) is 8.27. The van der Waals surface area contributed by atoms with E-state index in [1.54, 1.807) is 0 Å². The van der Waals surface area contributed by atoms with Gasteiger partial charge in [-0.25, -0.2) is 0 Å². The summed E-state index contributed by atoms with van der Waals surface area (Å²) in [6.45, 7) is 5.37. The number of nitrogens with one attached hydrogen (secondary N) is 1. The number of rotatable bonds is 3. The minimum atomic E-state index is 0.230. The Morgan fingerprint density at radius 2 is 2.09 bits per heavy atom. The molecule has 3 heteroatoms. The maximum Gasteiger partial charge on any atom is 0.0947 e. The van der Waals surface area contributed by atoms with Crippen LogP contribution in [0.5, 0.6) is 0 Å². The van der Waals surface area contributed by atoms with Crippen LogP contribution in [0.1, 0.15) is 19.8 Å². The van der Waals surface area contributed by atoms with Gasteiger partial charge in [-0.3, -0.25) is 5.41 Å². The van der Waals surface area contributed by atoms with Crippen LogP contribution in [0.15, 0.2) is 0 Å². The van der Waals surface area contributed by atoms with Gasteiger partial charge < -0.3 is 10.6 Å². The van der Waals surface area contributed by atoms with Crippen molar-refractivity contribution in [2.75, 3.05) is 19.6 Å². The molecule has 0 amide bonds. The van der Waals surface area contributed by atoms with Crippen molar-refractivity contribution < 1.29 is 0 Å². The highest BCUT2D eigenvalue weighted by atomic mass is 15.1. The zero-order valence-electron chi connectivity index (χ0n) is 7.14. The molecule has 1 rings (SSSR count). The Balaban J connectivity index is 2.23. The molecule has 1 aliphatic rings. The van der Waals surface area contributed by atoms with Gasteiger partial charge in [-0.15, -0.1) is 0 Å². The molecule has 11 heavy (non-hydrogen) atoms. The third-order valence-electron chi connectivity index (χ3n) is 2.26. The molecule has 1 saturated heterocycles. The minimum absolute atomic E-state index is 0.230. The molecule has 3 N–H and O–H groups in total. The van der Waals surface area contributed by atoms with Crippen molar-refractivity contribution >= 4 is 5.84 Å². The first-order valence-electron chi connectivity index (χ1n) is 4.26. The second kappa shape index (κ2) is 3.72. The Bertz CT molecular complexity index is 138. The van der Waals surface area contributed by atoms with Gasteiger partial charge in [0.1, 0.15) is 0 Å². The van der Waals surface area contributed by atoms with Crippen LogP contribution >= 0.6 is 0 Å². The van der Waals surface area contributed by atoms with Crippen LogP contribution in [0.4, 0.5) is 0 Å². The molecule has 0 aliphatic carbocycles. The van der Waals surface area contributed by atoms with E-state index in [0.717, 1.165) is 6.54 Å². The average molecular weight is 155 g/mol. The summed E-state index contributed by atoms with van der Waals surface area (Å²) in [6.07, 6.45) is 2.62. The van der Waals surface area contributed by atoms with E-state index in [4.69, 9.17) is 11.1 Å². The van der Waals surface area contributed by atoms with Gasteiger partial charge in [0.05, 0.1) is 5.84 Å². The van der Waals surface area contributed by atoms with Gasteiger partial charge in [0.25, 0.3) is 0 Å². The first kappa shape index (κ1) is 8.53. The van der Waals surface area contributed by atoms with Crippen LogP contribution in [-0.4, -0.2) is 30.4 Å². The fourth-order valence-electron chi connectivity index (χ4n) is 1.45. The molecule has 0 spiro atoms. The van der Waals surface area contributed by atoms with E-state index in [1.165, 1.54) is 25.9 Å². The predicted molar refractivity (Wildman–Crippen MR) is 46.8 cm³/mol. The first-order chi connectivity index (χ1) is 5.20. The van der Waals surface area contributed by atoms with E-state index in [1.807, 2.05) is 6.92 Å². The van der Waals surface area contributed by atoms with Crippen LogP contribution in [-0.2, 0) is 0 Å². The van der Waals surface area contributed by atoms with Gasteiger partial charge in [-0.2, -0.15) is 0 Å². The number of nitrogens with two attached hydrogens (primary N) is 1. The molecule has 0 radical (unpaired) electrons. The van der Waals surface area contributed by atoms with Gasteiger partial charge in [-0.1, -0.05) is 6.92 Å². The molecule has 0 aromatic carbocycles. The highest BCUT2D eigenvalue weighted by Crippen LogP contribution is 2.09. The Hall–Kier alpha value is -0.570. The molecule has 3 nitrogen and oxygen atoms in total. The smallest absolute Gasteiger partial charge is 0.0947 e. The van der Waals surface area contributed by atoms with Crippen LogP contribution < -0.4 is 5.73 Å². The molecule has 0 aromatic heterocycles. The van der Waals surface area contributed by atoms with Crippen LogP contribution in [0, 0.1) is 11.3 Å². The molecular formula is C8H17N3. The van der Waals surface area contributed by atoms with Gasteiger partial charge >= 0.3 is 0 Å². The summed E-state index contributed by atoms with van der Waals surface area (Å²) in [7, 11) is 0. The summed E-state index contributed by atoms with van der Waals surface area (Å²) in [5, 5.41) is 7.22. The summed E-state index contributed by atoms with van der Waals surface area (Å²) in [6, 6.07) is 0. The third-order valence-corrected chi connectivity index (χ3v) is 2.26. The predicted octanol–water partition coefficient (Wildman–Crippen LogP) is 0.654. The van der Waals surface area contributed by atoms with Crippen molar-refractivity contribution in [3.05, 3.63) is 0 Å². The van der Waals surface area contributed by atoms with Crippen molar-refractivity contribution in [2.24, 2.45) is 11.7 Å². The lowest BCUT2D eigenvalue weighted by Gasteiger charge is -2.18. The Morgan fingerprint density at radius 1 is 1.55 bits per heavy atom. The van der Waals surface area contributed by atoms with Crippen molar-refractivity contribution in [3.8, 4) is 0 Å². The molecule has 0 aromatic rings. The van der Waals surface area contributed by atoms with Gasteiger partial charge in [0.15, 0.2) is 0 Å². The number of hydrogen-bond donors (Lipinski definition) is 2. The van der Waals surface area contributed by atoms with Crippen LogP contribution in [0.25, 0.3) is 0 Å². The fraction of sp³-hybridized carbons (Fsp3) is 0.875. The zero-order valence-corrected chi connectivity index (χ0v) is 7.14. The van der Waals surface area contributed by atoms with Crippen LogP contribution in [0.3, 0.4) is 0 Å². The van der Waals surface area contributed by atoms with Crippen molar-refractivity contribution in [1.82, 2.24) is 4.90 Å². The fourth-order valence-corrected chi connectivity index (χ4v) is 1.45. The minimum Gasteiger partial charge on any atom is -0.387 e. The van der Waals surface area contributed by atoms with E-state index in [9.17, 15) is 0 Å². The Labute approximate surface area is 68.1 Å². The van der Waals surface area contributed by atoms with E-state index >= 15 is 0 Å². The second-order valence-electron chi connectivity index (χ2n) is 3.36. The number of hydrogen-bond acceptors (Lipinski definition) is 2. The van der Waals surface area contributed by atoms with E-state index < -0.39 is 0 Å². The molecule has 1 atom stereocenters. The van der Waals surface area contributed by atoms with Gasteiger partial charge in [0, 0.05) is 12.5 Å². The summed E-state index contributed by atoms with van der Waals surface area (Å²) >= 11 is 0. The monoisotopic (exact) mass is 155 g/mol. The summed E-state index contributed by atoms with van der Waals surface area (Å²) < 4.78 is 0. The van der Waals surface area contributed by atoms with Crippen LogP contribution in [0.2, 0.25) is 0 Å². The van der Waals surface area contributed by atoms with Crippen molar-refractivity contribution in [3.63, 3.8) is 0 Å². The van der Waals surface area contributed by atoms with Crippen molar-refractivity contribution in [2.45, 2.75) is 19.8 Å². The maximum atomic E-state index is 7.22. The standard InChI is InChI=1S/C8H17N3/c1-7(8(9)10)6-11-4-2-3-5-11/h7H,2-6H2,1H3,(H3,9,10). The second-order valence-corrected chi connectivity index (χ2v) is 3.36. The largest absolute Gasteiger partial charge is 0.387 e. The Kier molecular flexibility index (Phi) is 2.88. The highest BCUT2D eigenvalue weighted by Gasteiger charge is 2.15. The maximum absolute atomic E-state index is 7.22. The Morgan fingerprint density at radius 3 is 2.55 bits per heavy atom. The van der Waals surface area contributed by atoms with E-state index in [0.29, 0.717) is 5.84 Å². The molecule has 1 unspecified atom stereocenters. The van der Waals surface area contributed by atoms with Crippen molar-refractivity contribution in [1.29, 1.82) is 5.41 Å². The summed E-state index contributed by atoms with van der Waals surface area (Å²) in [5.41, 5.74) is 5.37. The number of nitrogens with zero attached hydrogens (tertiary/aromatic N) is 1. The third kappa shape index (κ3) is 2.50. The first-order valence-corrected chi connectivity index (χ1v) is 4.26. The number of amidine groups is 1. The summed E-state index contributed by atoms with van der Waals surface area (Å²) in [5.74, 6) is 0.546. The SMILES string of the molecule is CC(CN1CCCC1)C(=N)N. The van der Waals surface area contributed by atoms with Gasteiger partial charge in [0.2, 0.25) is 0 Å².